The van der Waals surface area contributed by atoms with Crippen LogP contribution in [-0.4, -0.2) is 104 Å². The van der Waals surface area contributed by atoms with Gasteiger partial charge in [-0.1, -0.05) is 41.5 Å². The zero-order valence-corrected chi connectivity index (χ0v) is 35.9. The molecular weight excluding hydrogens is 779 g/mol. The summed E-state index contributed by atoms with van der Waals surface area (Å²) in [6, 6.07) is 5.74. The van der Waals surface area contributed by atoms with Crippen LogP contribution < -0.4 is 10.6 Å². The normalized spacial score (nSPS) is 21.7. The predicted octanol–water partition coefficient (Wildman–Crippen LogP) is 7.05. The molecule has 0 radical (unpaired) electrons. The summed E-state index contributed by atoms with van der Waals surface area (Å²) in [6.45, 7) is 12.6. The van der Waals surface area contributed by atoms with Crippen molar-refractivity contribution in [2.45, 2.75) is 130 Å². The highest BCUT2D eigenvalue weighted by Gasteiger charge is 2.44. The number of aromatic nitrogens is 3. The average Bonchev–Trinajstić information content (AvgIpc) is 3.96. The zero-order chi connectivity index (χ0) is 43.8. The number of Topliss-reactive ketones (excluding diaryl/α,β-unsaturated/α-hetero) is 1. The third-order valence-electron chi connectivity index (χ3n) is 12.7. The standard InChI is InChI=1S/C45H59F4N7O4/c1-9-24(3)42(58)53-35(10-2)44(60)55-22-29(49)16-31(55)23-56-38-14-12-27(47)18-37(38)52-41(56)40-33(32-13-11-26(46)17-36(32)51-40)19-30-15-28(48)21-54(30)43(59)34(45(5,6)7)20-39(57)25(4)50-8/h11-14,17-18,24-25,28-31,34-35,50-51H,9-10,15-16,19-23H2,1-8H3,(H,53,58)/t24-,25+,28+,29+,30+,31+,34-,35+/m1/s1. The van der Waals surface area contributed by atoms with Crippen molar-refractivity contribution in [2.75, 3.05) is 20.1 Å². The average molecular weight is 838 g/mol. The quantitative estimate of drug-likeness (QED) is 0.110. The molecule has 326 valence electrons. The number of hydrogen-bond donors (Lipinski definition) is 3. The van der Waals surface area contributed by atoms with Crippen LogP contribution in [0.5, 0.6) is 0 Å². The number of carbonyl (C=O) groups is 4. The van der Waals surface area contributed by atoms with Gasteiger partial charge in [0.1, 0.15) is 35.8 Å². The Labute approximate surface area is 349 Å². The van der Waals surface area contributed by atoms with Crippen LogP contribution in [0.15, 0.2) is 36.4 Å². The second-order valence-corrected chi connectivity index (χ2v) is 17.9. The van der Waals surface area contributed by atoms with Crippen LogP contribution in [-0.2, 0) is 32.1 Å². The second kappa shape index (κ2) is 18.1. The van der Waals surface area contributed by atoms with Gasteiger partial charge < -0.3 is 30.0 Å². The highest BCUT2D eigenvalue weighted by molar-refractivity contribution is 5.93. The molecule has 2 aliphatic heterocycles. The monoisotopic (exact) mass is 837 g/mol. The van der Waals surface area contributed by atoms with E-state index in [4.69, 9.17) is 4.98 Å². The van der Waals surface area contributed by atoms with Gasteiger partial charge >= 0.3 is 0 Å². The molecule has 2 saturated heterocycles. The van der Waals surface area contributed by atoms with Crippen molar-refractivity contribution in [3.63, 3.8) is 0 Å². The highest BCUT2D eigenvalue weighted by atomic mass is 19.1. The Bertz CT molecular complexity index is 2230. The number of likely N-dealkylation sites (N-methyl/N-ethyl adjacent to an activating group) is 1. The van der Waals surface area contributed by atoms with E-state index in [9.17, 15) is 28.0 Å². The lowest BCUT2D eigenvalue weighted by Crippen LogP contribution is -2.51. The number of halogens is 4. The van der Waals surface area contributed by atoms with E-state index in [1.165, 1.54) is 34.1 Å². The molecule has 6 rings (SSSR count). The van der Waals surface area contributed by atoms with Crippen LogP contribution in [0.4, 0.5) is 17.6 Å². The molecule has 4 heterocycles. The van der Waals surface area contributed by atoms with E-state index in [2.05, 4.69) is 15.6 Å². The van der Waals surface area contributed by atoms with E-state index < -0.39 is 65.4 Å². The van der Waals surface area contributed by atoms with Crippen molar-refractivity contribution in [3.8, 4) is 11.5 Å². The number of nitrogens with one attached hydrogen (secondary N) is 3. The van der Waals surface area contributed by atoms with Crippen LogP contribution in [0.3, 0.4) is 0 Å². The lowest BCUT2D eigenvalue weighted by Gasteiger charge is -2.35. The number of fused-ring (bicyclic) bond motifs is 2. The maximum absolute atomic E-state index is 15.6. The number of hydrogen-bond acceptors (Lipinski definition) is 6. The molecule has 2 aliphatic rings. The molecule has 2 aromatic carbocycles. The minimum atomic E-state index is -1.34. The number of alkyl halides is 2. The molecule has 2 aromatic heterocycles. The number of benzene rings is 2. The van der Waals surface area contributed by atoms with Crippen molar-refractivity contribution >= 4 is 45.4 Å². The minimum absolute atomic E-state index is 0.00807. The fourth-order valence-electron chi connectivity index (χ4n) is 8.72. The van der Waals surface area contributed by atoms with Crippen molar-refractivity contribution < 1.29 is 36.7 Å². The van der Waals surface area contributed by atoms with Crippen LogP contribution in [0.1, 0.15) is 86.1 Å². The van der Waals surface area contributed by atoms with Gasteiger partial charge in [-0.2, -0.15) is 0 Å². The second-order valence-electron chi connectivity index (χ2n) is 17.9. The number of rotatable bonds is 15. The number of ketones is 1. The fraction of sp³-hybridized carbons (Fsp3) is 0.578. The van der Waals surface area contributed by atoms with Crippen molar-refractivity contribution in [1.82, 2.24) is 35.0 Å². The Balaban J connectivity index is 1.41. The summed E-state index contributed by atoms with van der Waals surface area (Å²) in [5.74, 6) is -2.88. The summed E-state index contributed by atoms with van der Waals surface area (Å²) in [7, 11) is 1.68. The first kappa shape index (κ1) is 44.8. The molecule has 0 spiro atoms. The molecular formula is C45H59F4N7O4. The Morgan fingerprint density at radius 2 is 1.53 bits per heavy atom. The zero-order valence-electron chi connectivity index (χ0n) is 35.9. The van der Waals surface area contributed by atoms with Gasteiger partial charge in [0.05, 0.1) is 41.9 Å². The van der Waals surface area contributed by atoms with Gasteiger partial charge in [0.15, 0.2) is 5.82 Å². The summed E-state index contributed by atoms with van der Waals surface area (Å²) in [5, 5.41) is 6.40. The first-order chi connectivity index (χ1) is 28.3. The maximum atomic E-state index is 15.6. The van der Waals surface area contributed by atoms with E-state index in [1.807, 2.05) is 27.7 Å². The number of amides is 3. The minimum Gasteiger partial charge on any atom is -0.352 e. The van der Waals surface area contributed by atoms with Crippen LogP contribution in [0.2, 0.25) is 0 Å². The largest absolute Gasteiger partial charge is 0.352 e. The maximum Gasteiger partial charge on any atom is 0.245 e. The molecule has 0 saturated carbocycles. The molecule has 60 heavy (non-hydrogen) atoms. The van der Waals surface area contributed by atoms with E-state index in [0.29, 0.717) is 46.3 Å². The lowest BCUT2D eigenvalue weighted by molar-refractivity contribution is -0.143. The molecule has 2 fully saturated rings. The van der Waals surface area contributed by atoms with Gasteiger partial charge in [-0.05, 0) is 74.5 Å². The number of aromatic amines is 1. The first-order valence-electron chi connectivity index (χ1n) is 21.2. The number of likely N-dealkylation sites (tertiary alicyclic amines) is 2. The highest BCUT2D eigenvalue weighted by Crippen LogP contribution is 2.39. The van der Waals surface area contributed by atoms with Crippen molar-refractivity contribution in [2.24, 2.45) is 17.3 Å². The summed E-state index contributed by atoms with van der Waals surface area (Å²) in [6.07, 6.45) is -1.62. The molecule has 4 aromatic rings. The molecule has 3 amide bonds. The summed E-state index contributed by atoms with van der Waals surface area (Å²) >= 11 is 0. The molecule has 0 aliphatic carbocycles. The van der Waals surface area contributed by atoms with E-state index in [0.717, 1.165) is 0 Å². The summed E-state index contributed by atoms with van der Waals surface area (Å²) < 4.78 is 62.4. The molecule has 0 unspecified atom stereocenters. The number of H-pyrrole nitrogens is 1. The van der Waals surface area contributed by atoms with E-state index in [-0.39, 0.29) is 74.3 Å². The smallest absolute Gasteiger partial charge is 0.245 e. The number of nitrogens with zero attached hydrogens (tertiary/aromatic N) is 4. The van der Waals surface area contributed by atoms with E-state index >= 15 is 8.78 Å². The van der Waals surface area contributed by atoms with Crippen molar-refractivity contribution in [3.05, 3.63) is 53.6 Å². The van der Waals surface area contributed by atoms with E-state index in [1.54, 1.807) is 44.5 Å². The fourth-order valence-corrected chi connectivity index (χ4v) is 8.72. The third-order valence-corrected chi connectivity index (χ3v) is 12.7. The van der Waals surface area contributed by atoms with Gasteiger partial charge in [0.25, 0.3) is 0 Å². The van der Waals surface area contributed by atoms with Crippen LogP contribution in [0, 0.1) is 28.9 Å². The van der Waals surface area contributed by atoms with Crippen LogP contribution >= 0.6 is 0 Å². The summed E-state index contributed by atoms with van der Waals surface area (Å²) in [4.78, 5) is 65.7. The number of imidazole rings is 1. The number of carbonyl (C=O) groups excluding carboxylic acids is 4. The van der Waals surface area contributed by atoms with Gasteiger partial charge in [-0.3, -0.25) is 19.2 Å². The Kier molecular flexibility index (Phi) is 13.5. The predicted molar refractivity (Wildman–Crippen MR) is 223 cm³/mol. The topological polar surface area (TPSA) is 132 Å². The summed E-state index contributed by atoms with van der Waals surface area (Å²) in [5.41, 5.74) is 1.63. The molecule has 15 heteroatoms. The van der Waals surface area contributed by atoms with Gasteiger partial charge in [-0.15, -0.1) is 0 Å². The third kappa shape index (κ3) is 9.25. The van der Waals surface area contributed by atoms with Gasteiger partial charge in [0.2, 0.25) is 17.7 Å². The van der Waals surface area contributed by atoms with Crippen molar-refractivity contribution in [1.29, 1.82) is 0 Å². The van der Waals surface area contributed by atoms with Crippen LogP contribution in [0.25, 0.3) is 33.5 Å². The Morgan fingerprint density at radius 1 is 0.900 bits per heavy atom. The molecule has 8 atom stereocenters. The first-order valence-corrected chi connectivity index (χ1v) is 21.2. The Morgan fingerprint density at radius 3 is 2.17 bits per heavy atom. The SMILES string of the molecule is CC[C@@H](C)C(=O)N[C@@H](CC)C(=O)N1C[C@@H](F)C[C@H]1Cn1c(-c2[nH]c3cc(F)ccc3c2C[C@@H]2C[C@H](F)CN2C(=O)[C@@H](CC(=O)[C@H](C)NC)C(C)(C)C)nc2cc(F)ccc21. The molecule has 0 bridgehead atoms. The Hall–Kier alpha value is -4.79. The van der Waals surface area contributed by atoms with Gasteiger partial charge in [0, 0.05) is 60.7 Å². The lowest BCUT2D eigenvalue weighted by atomic mass is 9.76. The molecule has 3 N–H and O–H groups in total. The van der Waals surface area contributed by atoms with Gasteiger partial charge in [-0.25, -0.2) is 22.5 Å². The molecule has 11 nitrogen and oxygen atoms in total.